The van der Waals surface area contributed by atoms with Crippen molar-refractivity contribution in [3.05, 3.63) is 35.4 Å². The first kappa shape index (κ1) is 14.2. The summed E-state index contributed by atoms with van der Waals surface area (Å²) in [6.45, 7) is 10.3. The van der Waals surface area contributed by atoms with E-state index >= 15 is 0 Å². The van der Waals surface area contributed by atoms with Gasteiger partial charge in [-0.1, -0.05) is 52.0 Å². The highest BCUT2D eigenvalue weighted by atomic mass is 15.1. The number of likely N-dealkylation sites (N-methyl/N-ethyl adjacent to an activating group) is 1. The summed E-state index contributed by atoms with van der Waals surface area (Å²) >= 11 is 0. The van der Waals surface area contributed by atoms with Crippen molar-refractivity contribution in [2.75, 3.05) is 13.6 Å². The second-order valence-corrected chi connectivity index (χ2v) is 3.26. The summed E-state index contributed by atoms with van der Waals surface area (Å²) in [5, 5.41) is 0. The fourth-order valence-corrected chi connectivity index (χ4v) is 1.64. The molecule has 0 fully saturated rings. The van der Waals surface area contributed by atoms with Gasteiger partial charge < -0.3 is 4.90 Å². The van der Waals surface area contributed by atoms with Gasteiger partial charge in [0.1, 0.15) is 0 Å². The molecule has 0 saturated heterocycles. The maximum atomic E-state index is 2.36. The zero-order valence-corrected chi connectivity index (χ0v) is 10.9. The topological polar surface area (TPSA) is 3.24 Å². The Morgan fingerprint density at radius 3 is 2.07 bits per heavy atom. The van der Waals surface area contributed by atoms with E-state index in [9.17, 15) is 0 Å². The predicted molar refractivity (Wildman–Crippen MR) is 69.2 cm³/mol. The van der Waals surface area contributed by atoms with Crippen molar-refractivity contribution in [2.24, 2.45) is 0 Å². The molecule has 0 radical (unpaired) electrons. The summed E-state index contributed by atoms with van der Waals surface area (Å²) in [7, 11) is 2.18. The van der Waals surface area contributed by atoms with Crippen LogP contribution in [0.1, 0.15) is 38.8 Å². The van der Waals surface area contributed by atoms with Crippen LogP contribution in [0.15, 0.2) is 24.3 Å². The highest BCUT2D eigenvalue weighted by Crippen LogP contribution is 2.16. The van der Waals surface area contributed by atoms with Crippen LogP contribution in [0.5, 0.6) is 0 Å². The number of hydrogen-bond donors (Lipinski definition) is 0. The summed E-state index contributed by atoms with van der Waals surface area (Å²) in [5.41, 5.74) is 3.03. The third-order valence-electron chi connectivity index (χ3n) is 2.32. The van der Waals surface area contributed by atoms with E-state index in [1.54, 1.807) is 0 Å². The Labute approximate surface area is 95.1 Å². The van der Waals surface area contributed by atoms with Crippen LogP contribution in [-0.4, -0.2) is 18.5 Å². The van der Waals surface area contributed by atoms with E-state index in [1.807, 2.05) is 27.7 Å². The molecule has 86 valence electrons. The molecule has 0 saturated carbocycles. The lowest BCUT2D eigenvalue weighted by Crippen LogP contribution is -2.26. The number of nitrogens with zero attached hydrogens (tertiary/aromatic N) is 1. The SMILES string of the molecule is CC.CC.CN1CCc2ccccc2C1. The Kier molecular flexibility index (Phi) is 8.02. The molecule has 0 spiro atoms. The molecular weight excluding hydrogens is 182 g/mol. The van der Waals surface area contributed by atoms with Crippen molar-refractivity contribution >= 4 is 0 Å². The van der Waals surface area contributed by atoms with Gasteiger partial charge in [0, 0.05) is 13.1 Å². The first-order valence-electron chi connectivity index (χ1n) is 6.11. The van der Waals surface area contributed by atoms with Gasteiger partial charge in [-0.3, -0.25) is 0 Å². The number of fused-ring (bicyclic) bond motifs is 1. The van der Waals surface area contributed by atoms with Crippen LogP contribution in [-0.2, 0) is 13.0 Å². The number of benzene rings is 1. The minimum atomic E-state index is 1.12. The monoisotopic (exact) mass is 207 g/mol. The largest absolute Gasteiger partial charge is 0.302 e. The van der Waals surface area contributed by atoms with Crippen molar-refractivity contribution in [1.29, 1.82) is 0 Å². The van der Waals surface area contributed by atoms with Crippen LogP contribution in [0.2, 0.25) is 0 Å². The average molecular weight is 207 g/mol. The average Bonchev–Trinajstić information content (AvgIpc) is 2.34. The zero-order valence-electron chi connectivity index (χ0n) is 10.9. The van der Waals surface area contributed by atoms with Crippen LogP contribution in [0.25, 0.3) is 0 Å². The van der Waals surface area contributed by atoms with Crippen LogP contribution in [0.3, 0.4) is 0 Å². The summed E-state index contributed by atoms with van der Waals surface area (Å²) in [6.07, 6.45) is 1.21. The highest BCUT2D eigenvalue weighted by molar-refractivity contribution is 5.28. The Balaban J connectivity index is 0.000000442. The smallest absolute Gasteiger partial charge is 0.0233 e. The van der Waals surface area contributed by atoms with E-state index in [2.05, 4.69) is 36.2 Å². The molecule has 0 atom stereocenters. The van der Waals surface area contributed by atoms with E-state index in [-0.39, 0.29) is 0 Å². The first-order chi connectivity index (χ1) is 7.36. The predicted octanol–water partition coefficient (Wildman–Crippen LogP) is 3.73. The van der Waals surface area contributed by atoms with E-state index < -0.39 is 0 Å². The molecule has 1 aliphatic rings. The molecule has 0 amide bonds. The van der Waals surface area contributed by atoms with Gasteiger partial charge in [-0.2, -0.15) is 0 Å². The molecule has 1 heteroatoms. The lowest BCUT2D eigenvalue weighted by molar-refractivity contribution is 0.313. The highest BCUT2D eigenvalue weighted by Gasteiger charge is 2.10. The van der Waals surface area contributed by atoms with E-state index in [1.165, 1.54) is 24.1 Å². The number of hydrogen-bond acceptors (Lipinski definition) is 1. The molecule has 0 aliphatic carbocycles. The molecule has 0 N–H and O–H groups in total. The molecule has 0 unspecified atom stereocenters. The van der Waals surface area contributed by atoms with Gasteiger partial charge in [0.15, 0.2) is 0 Å². The van der Waals surface area contributed by atoms with Crippen molar-refractivity contribution in [1.82, 2.24) is 4.90 Å². The van der Waals surface area contributed by atoms with Crippen LogP contribution < -0.4 is 0 Å². The molecule has 1 aromatic carbocycles. The summed E-state index contributed by atoms with van der Waals surface area (Å²) in [4.78, 5) is 2.36. The van der Waals surface area contributed by atoms with E-state index in [4.69, 9.17) is 0 Å². The minimum absolute atomic E-state index is 1.12. The summed E-state index contributed by atoms with van der Waals surface area (Å²) in [5.74, 6) is 0. The summed E-state index contributed by atoms with van der Waals surface area (Å²) in [6, 6.07) is 8.72. The molecule has 0 bridgehead atoms. The van der Waals surface area contributed by atoms with Crippen molar-refractivity contribution in [3.8, 4) is 0 Å². The lowest BCUT2D eigenvalue weighted by atomic mass is 10.0. The van der Waals surface area contributed by atoms with Crippen LogP contribution >= 0.6 is 0 Å². The van der Waals surface area contributed by atoms with Gasteiger partial charge in [0.2, 0.25) is 0 Å². The van der Waals surface area contributed by atoms with Crippen molar-refractivity contribution in [3.63, 3.8) is 0 Å². The lowest BCUT2D eigenvalue weighted by Gasteiger charge is -2.24. The van der Waals surface area contributed by atoms with Gasteiger partial charge >= 0.3 is 0 Å². The first-order valence-corrected chi connectivity index (χ1v) is 6.11. The fourth-order valence-electron chi connectivity index (χ4n) is 1.64. The Morgan fingerprint density at radius 1 is 0.933 bits per heavy atom. The zero-order chi connectivity index (χ0) is 11.7. The second kappa shape index (κ2) is 8.49. The molecule has 2 rings (SSSR count). The molecular formula is C14H25N. The quantitative estimate of drug-likeness (QED) is 0.626. The van der Waals surface area contributed by atoms with Crippen LogP contribution in [0.4, 0.5) is 0 Å². The normalized spacial score (nSPS) is 13.9. The molecule has 1 heterocycles. The van der Waals surface area contributed by atoms with E-state index in [0.29, 0.717) is 0 Å². The summed E-state index contributed by atoms with van der Waals surface area (Å²) < 4.78 is 0. The van der Waals surface area contributed by atoms with Crippen molar-refractivity contribution < 1.29 is 0 Å². The van der Waals surface area contributed by atoms with Gasteiger partial charge in [-0.05, 0) is 24.6 Å². The standard InChI is InChI=1S/C10H13N.2C2H6/c1-11-7-6-9-4-2-3-5-10(9)8-11;2*1-2/h2-5H,6-8H2,1H3;2*1-2H3. The molecule has 0 aromatic heterocycles. The maximum absolute atomic E-state index is 2.36. The van der Waals surface area contributed by atoms with Gasteiger partial charge in [-0.25, -0.2) is 0 Å². The molecule has 1 aromatic rings. The number of rotatable bonds is 0. The van der Waals surface area contributed by atoms with Crippen molar-refractivity contribution in [2.45, 2.75) is 40.7 Å². The van der Waals surface area contributed by atoms with Gasteiger partial charge in [0.05, 0.1) is 0 Å². The fraction of sp³-hybridized carbons (Fsp3) is 0.571. The van der Waals surface area contributed by atoms with Gasteiger partial charge in [-0.15, -0.1) is 0 Å². The Hall–Kier alpha value is -0.820. The Bertz CT molecular complexity index is 255. The second-order valence-electron chi connectivity index (χ2n) is 3.26. The Morgan fingerprint density at radius 2 is 1.47 bits per heavy atom. The van der Waals surface area contributed by atoms with Gasteiger partial charge in [0.25, 0.3) is 0 Å². The molecule has 1 nitrogen and oxygen atoms in total. The third kappa shape index (κ3) is 4.48. The maximum Gasteiger partial charge on any atom is 0.0233 e. The molecule has 15 heavy (non-hydrogen) atoms. The molecule has 1 aliphatic heterocycles. The van der Waals surface area contributed by atoms with E-state index in [0.717, 1.165) is 6.54 Å². The minimum Gasteiger partial charge on any atom is -0.302 e. The van der Waals surface area contributed by atoms with Crippen LogP contribution in [0, 0.1) is 0 Å². The third-order valence-corrected chi connectivity index (χ3v) is 2.32.